The monoisotopic (exact) mass is 402 g/mol. The molecular weight excluding hydrogens is 368 g/mol. The zero-order chi connectivity index (χ0) is 21.2. The Balaban J connectivity index is 1.77. The molecule has 1 aliphatic rings. The van der Waals surface area contributed by atoms with Crippen molar-refractivity contribution in [2.24, 2.45) is 11.8 Å². The van der Waals surface area contributed by atoms with E-state index in [4.69, 9.17) is 5.11 Å². The van der Waals surface area contributed by atoms with Crippen molar-refractivity contribution in [1.29, 1.82) is 0 Å². The summed E-state index contributed by atoms with van der Waals surface area (Å²) in [5, 5.41) is 39.5. The highest BCUT2D eigenvalue weighted by Gasteiger charge is 2.40. The molecule has 0 heterocycles. The van der Waals surface area contributed by atoms with Crippen LogP contribution in [-0.4, -0.2) is 44.7 Å². The number of aliphatic hydroxyl groups excluding tert-OH is 3. The molecule has 5 heteroatoms. The fourth-order valence-electron chi connectivity index (χ4n) is 4.22. The van der Waals surface area contributed by atoms with E-state index in [0.29, 0.717) is 25.7 Å². The summed E-state index contributed by atoms with van der Waals surface area (Å²) in [7, 11) is 0. The number of carbonyl (C=O) groups is 1. The van der Waals surface area contributed by atoms with Gasteiger partial charge >= 0.3 is 5.97 Å². The molecule has 0 bridgehead atoms. The molecule has 0 aromatic heterocycles. The van der Waals surface area contributed by atoms with E-state index in [1.54, 1.807) is 0 Å². The van der Waals surface area contributed by atoms with Gasteiger partial charge in [-0.2, -0.15) is 0 Å². The first-order chi connectivity index (χ1) is 13.9. The van der Waals surface area contributed by atoms with Crippen LogP contribution in [0, 0.1) is 30.6 Å². The number of carboxylic acids is 1. The Hall–Kier alpha value is -1.87. The maximum Gasteiger partial charge on any atom is 0.303 e. The summed E-state index contributed by atoms with van der Waals surface area (Å²) in [6.07, 6.45) is 4.12. The lowest BCUT2D eigenvalue weighted by molar-refractivity contribution is -0.137. The summed E-state index contributed by atoms with van der Waals surface area (Å²) < 4.78 is 0. The average molecular weight is 403 g/mol. The Morgan fingerprint density at radius 2 is 1.66 bits per heavy atom. The van der Waals surface area contributed by atoms with Crippen molar-refractivity contribution in [3.63, 3.8) is 0 Å². The van der Waals surface area contributed by atoms with E-state index in [-0.39, 0.29) is 18.3 Å². The predicted octanol–water partition coefficient (Wildman–Crippen LogP) is 3.27. The molecule has 1 aromatic carbocycles. The lowest BCUT2D eigenvalue weighted by atomic mass is 9.85. The highest BCUT2D eigenvalue weighted by molar-refractivity contribution is 5.66. The zero-order valence-corrected chi connectivity index (χ0v) is 17.3. The van der Waals surface area contributed by atoms with Crippen LogP contribution in [0.3, 0.4) is 0 Å². The first-order valence-corrected chi connectivity index (χ1v) is 10.7. The van der Waals surface area contributed by atoms with Crippen molar-refractivity contribution in [3.8, 4) is 11.8 Å². The number of unbranched alkanes of at least 4 members (excludes halogenated alkanes) is 3. The highest BCUT2D eigenvalue weighted by atomic mass is 16.4. The van der Waals surface area contributed by atoms with E-state index < -0.39 is 24.3 Å². The Bertz CT molecular complexity index is 687. The number of aliphatic hydroxyl groups is 3. The van der Waals surface area contributed by atoms with Crippen LogP contribution in [0.15, 0.2) is 24.3 Å². The molecule has 4 N–H and O–H groups in total. The molecular formula is C24H34O5. The standard InChI is InChI=1S/C24H34O5/c1-17-8-10-18(11-9-17)12-13-19(25)14-15-21-20(22(26)16-23(21)27)6-4-2-3-5-7-24(28)29/h8-11,19-23,25-27H,2-7,14-16H2,1H3,(H,28,29)/t19?,20-,21-,22+,23-/m1/s1. The molecule has 160 valence electrons. The third-order valence-electron chi connectivity index (χ3n) is 5.91. The van der Waals surface area contributed by atoms with Crippen LogP contribution < -0.4 is 0 Å². The van der Waals surface area contributed by atoms with Crippen LogP contribution in [0.2, 0.25) is 0 Å². The van der Waals surface area contributed by atoms with Gasteiger partial charge in [-0.05, 0) is 63.0 Å². The largest absolute Gasteiger partial charge is 0.481 e. The molecule has 5 nitrogen and oxygen atoms in total. The van der Waals surface area contributed by atoms with Crippen molar-refractivity contribution in [3.05, 3.63) is 35.4 Å². The van der Waals surface area contributed by atoms with Gasteiger partial charge < -0.3 is 20.4 Å². The Morgan fingerprint density at radius 1 is 1.03 bits per heavy atom. The lowest BCUT2D eigenvalue weighted by Crippen LogP contribution is -2.23. The first-order valence-electron chi connectivity index (χ1n) is 10.7. The van der Waals surface area contributed by atoms with Crippen molar-refractivity contribution in [2.45, 2.75) is 83.0 Å². The zero-order valence-electron chi connectivity index (χ0n) is 17.3. The smallest absolute Gasteiger partial charge is 0.303 e. The van der Waals surface area contributed by atoms with Gasteiger partial charge in [-0.3, -0.25) is 4.79 Å². The number of carboxylic acid groups (broad SMARTS) is 1. The summed E-state index contributed by atoms with van der Waals surface area (Å²) in [5.74, 6) is 5.10. The number of rotatable bonds is 10. The Labute approximate surface area is 173 Å². The third kappa shape index (κ3) is 8.18. The quantitative estimate of drug-likeness (QED) is 0.356. The van der Waals surface area contributed by atoms with E-state index in [1.807, 2.05) is 31.2 Å². The first kappa shape index (κ1) is 23.4. The van der Waals surface area contributed by atoms with Gasteiger partial charge in [-0.15, -0.1) is 0 Å². The SMILES string of the molecule is Cc1ccc(C#CC(O)CC[C@@H]2[C@@H](CCCCCCC(=O)O)[C@@H](O)C[C@H]2O)cc1. The predicted molar refractivity (Wildman–Crippen MR) is 112 cm³/mol. The van der Waals surface area contributed by atoms with Crippen LogP contribution in [0.25, 0.3) is 0 Å². The van der Waals surface area contributed by atoms with Gasteiger partial charge in [0.15, 0.2) is 0 Å². The summed E-state index contributed by atoms with van der Waals surface area (Å²) in [4.78, 5) is 10.5. The fraction of sp³-hybridized carbons (Fsp3) is 0.625. The highest BCUT2D eigenvalue weighted by Crippen LogP contribution is 2.39. The molecule has 29 heavy (non-hydrogen) atoms. The summed E-state index contributed by atoms with van der Waals surface area (Å²) >= 11 is 0. The molecule has 1 aromatic rings. The molecule has 0 amide bonds. The van der Waals surface area contributed by atoms with Gasteiger partial charge in [-0.1, -0.05) is 48.8 Å². The van der Waals surface area contributed by atoms with Gasteiger partial charge in [0.2, 0.25) is 0 Å². The molecule has 0 spiro atoms. The van der Waals surface area contributed by atoms with Crippen LogP contribution >= 0.6 is 0 Å². The second kappa shape index (κ2) is 12.0. The average Bonchev–Trinajstić information content (AvgIpc) is 2.94. The molecule has 1 saturated carbocycles. The summed E-state index contributed by atoms with van der Waals surface area (Å²) in [6.45, 7) is 2.01. The van der Waals surface area contributed by atoms with Crippen molar-refractivity contribution < 1.29 is 25.2 Å². The minimum Gasteiger partial charge on any atom is -0.481 e. The van der Waals surface area contributed by atoms with E-state index in [0.717, 1.165) is 36.8 Å². The molecule has 2 rings (SSSR count). The van der Waals surface area contributed by atoms with Crippen LogP contribution in [0.1, 0.15) is 68.9 Å². The van der Waals surface area contributed by atoms with Crippen LogP contribution in [-0.2, 0) is 4.79 Å². The van der Waals surface area contributed by atoms with E-state index >= 15 is 0 Å². The minimum absolute atomic E-state index is 0.0279. The molecule has 1 fully saturated rings. The van der Waals surface area contributed by atoms with Gasteiger partial charge in [0, 0.05) is 12.0 Å². The van der Waals surface area contributed by atoms with E-state index in [2.05, 4.69) is 11.8 Å². The fourth-order valence-corrected chi connectivity index (χ4v) is 4.22. The van der Waals surface area contributed by atoms with Crippen molar-refractivity contribution in [2.75, 3.05) is 0 Å². The number of hydrogen-bond donors (Lipinski definition) is 4. The van der Waals surface area contributed by atoms with Crippen LogP contribution in [0.5, 0.6) is 0 Å². The van der Waals surface area contributed by atoms with Crippen molar-refractivity contribution >= 4 is 5.97 Å². The molecule has 0 saturated heterocycles. The topological polar surface area (TPSA) is 98.0 Å². The minimum atomic E-state index is -0.761. The Morgan fingerprint density at radius 3 is 2.31 bits per heavy atom. The number of benzene rings is 1. The summed E-state index contributed by atoms with van der Waals surface area (Å²) in [5.41, 5.74) is 2.03. The maximum absolute atomic E-state index is 10.5. The molecule has 5 atom stereocenters. The molecule has 0 aliphatic heterocycles. The van der Waals surface area contributed by atoms with Gasteiger partial charge in [0.25, 0.3) is 0 Å². The van der Waals surface area contributed by atoms with Crippen molar-refractivity contribution in [1.82, 2.24) is 0 Å². The second-order valence-electron chi connectivity index (χ2n) is 8.27. The van der Waals surface area contributed by atoms with Gasteiger partial charge in [-0.25, -0.2) is 0 Å². The second-order valence-corrected chi connectivity index (χ2v) is 8.27. The third-order valence-corrected chi connectivity index (χ3v) is 5.91. The maximum atomic E-state index is 10.5. The normalized spacial score (nSPS) is 24.7. The molecule has 1 unspecified atom stereocenters. The van der Waals surface area contributed by atoms with Crippen LogP contribution in [0.4, 0.5) is 0 Å². The van der Waals surface area contributed by atoms with Gasteiger partial charge in [0.1, 0.15) is 6.10 Å². The van der Waals surface area contributed by atoms with Gasteiger partial charge in [0.05, 0.1) is 12.2 Å². The Kier molecular flexibility index (Phi) is 9.66. The number of aliphatic carboxylic acids is 1. The van der Waals surface area contributed by atoms with E-state index in [1.165, 1.54) is 0 Å². The molecule has 0 radical (unpaired) electrons. The van der Waals surface area contributed by atoms with E-state index in [9.17, 15) is 20.1 Å². The lowest BCUT2D eigenvalue weighted by Gasteiger charge is -2.24. The number of hydrogen-bond acceptors (Lipinski definition) is 4. The summed E-state index contributed by atoms with van der Waals surface area (Å²) in [6, 6.07) is 7.83. The molecule has 1 aliphatic carbocycles. The number of aryl methyl sites for hydroxylation is 1.